The van der Waals surface area contributed by atoms with Crippen molar-refractivity contribution in [3.8, 4) is 0 Å². The fourth-order valence-corrected chi connectivity index (χ4v) is 4.76. The van der Waals surface area contributed by atoms with Crippen LogP contribution in [0.25, 0.3) is 0 Å². The maximum Gasteiger partial charge on any atom is 0.230 e. The lowest BCUT2D eigenvalue weighted by Crippen LogP contribution is -2.47. The number of aliphatic hydroxyl groups excluding tert-OH is 1. The molecule has 1 aromatic carbocycles. The summed E-state index contributed by atoms with van der Waals surface area (Å²) in [6, 6.07) is 8.59. The lowest BCUT2D eigenvalue weighted by molar-refractivity contribution is -0.119. The molecule has 7 nitrogen and oxygen atoms in total. The molecule has 1 saturated heterocycles. The standard InChI is InChI=1S/C20H28N4O3S2/c1-14-2-4-15(5-3-14)10-24-6-7-27-17(11-24)9-22-19(26)13-29-20-23-16(12-28-20)8-18(21)25/h2-5,12,17-18,25H,6-11,13,21H2,1H3,(H,22,26)/t17-,18?/m0/s1. The van der Waals surface area contributed by atoms with Gasteiger partial charge in [0.2, 0.25) is 5.91 Å². The summed E-state index contributed by atoms with van der Waals surface area (Å²) in [7, 11) is 0. The minimum atomic E-state index is -0.903. The minimum absolute atomic E-state index is 0.000607. The highest BCUT2D eigenvalue weighted by Crippen LogP contribution is 2.22. The number of morpholine rings is 1. The van der Waals surface area contributed by atoms with Gasteiger partial charge in [-0.25, -0.2) is 4.98 Å². The molecular weight excluding hydrogens is 408 g/mol. The average molecular weight is 437 g/mol. The van der Waals surface area contributed by atoms with Gasteiger partial charge in [0.25, 0.3) is 0 Å². The number of nitrogens with one attached hydrogen (secondary N) is 1. The number of amides is 1. The van der Waals surface area contributed by atoms with Gasteiger partial charge in [0, 0.05) is 38.0 Å². The molecule has 1 aliphatic rings. The van der Waals surface area contributed by atoms with Crippen LogP contribution < -0.4 is 11.1 Å². The maximum absolute atomic E-state index is 12.2. The number of carbonyl (C=O) groups is 1. The number of aliphatic hydroxyl groups is 1. The second-order valence-corrected chi connectivity index (χ2v) is 9.26. The van der Waals surface area contributed by atoms with E-state index in [1.807, 2.05) is 5.38 Å². The minimum Gasteiger partial charge on any atom is -0.378 e. The molecule has 158 valence electrons. The Labute approximate surface area is 179 Å². The van der Waals surface area contributed by atoms with E-state index in [4.69, 9.17) is 10.5 Å². The molecule has 9 heteroatoms. The predicted octanol–water partition coefficient (Wildman–Crippen LogP) is 1.38. The molecule has 3 rings (SSSR count). The Hall–Kier alpha value is -1.49. The normalized spacial score (nSPS) is 18.5. The van der Waals surface area contributed by atoms with Crippen molar-refractivity contribution in [3.05, 3.63) is 46.5 Å². The summed E-state index contributed by atoms with van der Waals surface area (Å²) in [5, 5.41) is 14.0. The van der Waals surface area contributed by atoms with Crippen molar-refractivity contribution in [1.29, 1.82) is 0 Å². The van der Waals surface area contributed by atoms with Crippen LogP contribution in [0.2, 0.25) is 0 Å². The fraction of sp³-hybridized carbons (Fsp3) is 0.500. The van der Waals surface area contributed by atoms with Gasteiger partial charge in [-0.1, -0.05) is 41.6 Å². The van der Waals surface area contributed by atoms with E-state index in [1.165, 1.54) is 34.2 Å². The van der Waals surface area contributed by atoms with Crippen molar-refractivity contribution in [2.45, 2.75) is 36.6 Å². The highest BCUT2D eigenvalue weighted by Gasteiger charge is 2.21. The molecule has 2 aromatic rings. The van der Waals surface area contributed by atoms with Crippen LogP contribution in [0.1, 0.15) is 16.8 Å². The zero-order valence-electron chi connectivity index (χ0n) is 16.5. The number of benzene rings is 1. The Bertz CT molecular complexity index is 782. The van der Waals surface area contributed by atoms with Crippen molar-refractivity contribution in [1.82, 2.24) is 15.2 Å². The summed E-state index contributed by atoms with van der Waals surface area (Å²) in [5.41, 5.74) is 8.66. The number of nitrogens with two attached hydrogens (primary N) is 1. The summed E-state index contributed by atoms with van der Waals surface area (Å²) in [6.45, 7) is 5.88. The molecule has 4 N–H and O–H groups in total. The van der Waals surface area contributed by atoms with Gasteiger partial charge in [0.15, 0.2) is 4.34 Å². The maximum atomic E-state index is 12.2. The number of thioether (sulfide) groups is 1. The first-order valence-corrected chi connectivity index (χ1v) is 11.5. The number of aromatic nitrogens is 1. The zero-order chi connectivity index (χ0) is 20.6. The van der Waals surface area contributed by atoms with Crippen molar-refractivity contribution in [3.63, 3.8) is 0 Å². The molecule has 1 unspecified atom stereocenters. The number of nitrogens with zero attached hydrogens (tertiary/aromatic N) is 2. The molecule has 1 aromatic heterocycles. The van der Waals surface area contributed by atoms with E-state index in [1.54, 1.807) is 0 Å². The molecule has 0 bridgehead atoms. The lowest BCUT2D eigenvalue weighted by Gasteiger charge is -2.33. The van der Waals surface area contributed by atoms with Crippen LogP contribution >= 0.6 is 23.1 Å². The van der Waals surface area contributed by atoms with Crippen molar-refractivity contribution in [2.75, 3.05) is 32.0 Å². The second-order valence-electron chi connectivity index (χ2n) is 7.18. The summed E-state index contributed by atoms with van der Waals surface area (Å²) < 4.78 is 6.61. The van der Waals surface area contributed by atoms with Gasteiger partial charge in [0.05, 0.1) is 24.2 Å². The first-order valence-electron chi connectivity index (χ1n) is 9.65. The number of aryl methyl sites for hydroxylation is 1. The van der Waals surface area contributed by atoms with E-state index in [0.717, 1.165) is 29.7 Å². The van der Waals surface area contributed by atoms with Crippen LogP contribution in [0, 0.1) is 6.92 Å². The number of carbonyl (C=O) groups excluding carboxylic acids is 1. The lowest BCUT2D eigenvalue weighted by atomic mass is 10.1. The van der Waals surface area contributed by atoms with Gasteiger partial charge in [-0.05, 0) is 12.5 Å². The van der Waals surface area contributed by atoms with Gasteiger partial charge >= 0.3 is 0 Å². The smallest absolute Gasteiger partial charge is 0.230 e. The van der Waals surface area contributed by atoms with E-state index in [2.05, 4.69) is 46.4 Å². The first-order chi connectivity index (χ1) is 14.0. The highest BCUT2D eigenvalue weighted by atomic mass is 32.2. The fourth-order valence-electron chi connectivity index (χ4n) is 3.07. The number of thiazole rings is 1. The topological polar surface area (TPSA) is 101 Å². The molecule has 0 saturated carbocycles. The molecule has 0 radical (unpaired) electrons. The number of hydrogen-bond acceptors (Lipinski definition) is 8. The average Bonchev–Trinajstić information content (AvgIpc) is 3.13. The van der Waals surface area contributed by atoms with E-state index in [-0.39, 0.29) is 12.0 Å². The molecule has 2 heterocycles. The van der Waals surface area contributed by atoms with Gasteiger partial charge < -0.3 is 20.9 Å². The van der Waals surface area contributed by atoms with Crippen LogP contribution in [0.15, 0.2) is 34.0 Å². The first kappa shape index (κ1) is 22.2. The van der Waals surface area contributed by atoms with Crippen LogP contribution in [0.5, 0.6) is 0 Å². The molecular formula is C20H28N4O3S2. The molecule has 0 spiro atoms. The largest absolute Gasteiger partial charge is 0.378 e. The van der Waals surface area contributed by atoms with Gasteiger partial charge in [0.1, 0.15) is 6.23 Å². The molecule has 1 aliphatic heterocycles. The SMILES string of the molecule is Cc1ccc(CN2CCO[C@@H](CNC(=O)CSc3nc(CC(N)O)cs3)C2)cc1. The Morgan fingerprint density at radius 2 is 2.28 bits per heavy atom. The Morgan fingerprint density at radius 3 is 3.03 bits per heavy atom. The van der Waals surface area contributed by atoms with Crippen molar-refractivity contribution >= 4 is 29.0 Å². The quantitative estimate of drug-likeness (QED) is 0.403. The van der Waals surface area contributed by atoms with Gasteiger partial charge in [-0.2, -0.15) is 0 Å². The monoisotopic (exact) mass is 436 g/mol. The summed E-state index contributed by atoms with van der Waals surface area (Å²) in [6.07, 6.45) is -0.582. The van der Waals surface area contributed by atoms with Crippen molar-refractivity contribution in [2.24, 2.45) is 5.73 Å². The van der Waals surface area contributed by atoms with Gasteiger partial charge in [-0.3, -0.25) is 9.69 Å². The van der Waals surface area contributed by atoms with Crippen LogP contribution in [-0.4, -0.2) is 65.2 Å². The second kappa shape index (κ2) is 11.1. The van der Waals surface area contributed by atoms with Crippen LogP contribution in [0.3, 0.4) is 0 Å². The zero-order valence-corrected chi connectivity index (χ0v) is 18.2. The van der Waals surface area contributed by atoms with Crippen LogP contribution in [-0.2, 0) is 22.5 Å². The Morgan fingerprint density at radius 1 is 1.48 bits per heavy atom. The molecule has 29 heavy (non-hydrogen) atoms. The summed E-state index contributed by atoms with van der Waals surface area (Å²) in [5.74, 6) is 0.266. The Balaban J connectivity index is 1.37. The third-order valence-electron chi connectivity index (χ3n) is 4.55. The third-order valence-corrected chi connectivity index (χ3v) is 6.62. The van der Waals surface area contributed by atoms with E-state index in [0.29, 0.717) is 25.3 Å². The number of rotatable bonds is 9. The van der Waals surface area contributed by atoms with E-state index in [9.17, 15) is 9.90 Å². The summed E-state index contributed by atoms with van der Waals surface area (Å²) in [4.78, 5) is 18.9. The number of ether oxygens (including phenoxy) is 1. The molecule has 0 aliphatic carbocycles. The Kier molecular flexibility index (Phi) is 8.46. The highest BCUT2D eigenvalue weighted by molar-refractivity contribution is 8.01. The van der Waals surface area contributed by atoms with Gasteiger partial charge in [-0.15, -0.1) is 11.3 Å². The van der Waals surface area contributed by atoms with Crippen LogP contribution in [0.4, 0.5) is 0 Å². The van der Waals surface area contributed by atoms with Crippen molar-refractivity contribution < 1.29 is 14.6 Å². The molecule has 2 atom stereocenters. The summed E-state index contributed by atoms with van der Waals surface area (Å²) >= 11 is 2.84. The molecule has 1 amide bonds. The third kappa shape index (κ3) is 7.69. The molecule has 1 fully saturated rings. The van der Waals surface area contributed by atoms with E-state index >= 15 is 0 Å². The predicted molar refractivity (Wildman–Crippen MR) is 116 cm³/mol. The van der Waals surface area contributed by atoms with E-state index < -0.39 is 6.23 Å². The number of hydrogen-bond donors (Lipinski definition) is 3.